The van der Waals surface area contributed by atoms with Gasteiger partial charge in [-0.05, 0) is 30.7 Å². The van der Waals surface area contributed by atoms with Gasteiger partial charge in [0.2, 0.25) is 0 Å². The zero-order valence-corrected chi connectivity index (χ0v) is 13.7. The van der Waals surface area contributed by atoms with Crippen molar-refractivity contribution in [1.29, 1.82) is 0 Å². The van der Waals surface area contributed by atoms with Gasteiger partial charge in [-0.15, -0.1) is 0 Å². The van der Waals surface area contributed by atoms with E-state index in [-0.39, 0.29) is 0 Å². The molecule has 0 saturated heterocycles. The van der Waals surface area contributed by atoms with Gasteiger partial charge in [0.1, 0.15) is 12.7 Å². The Balaban J connectivity index is 1.84. The molecule has 3 rings (SSSR count). The van der Waals surface area contributed by atoms with Gasteiger partial charge in [-0.1, -0.05) is 29.8 Å². The molecule has 24 heavy (non-hydrogen) atoms. The van der Waals surface area contributed by atoms with Crippen LogP contribution in [0.25, 0.3) is 11.9 Å². The number of hydrogen-bond donors (Lipinski definition) is 1. The average molecular weight is 341 g/mol. The lowest BCUT2D eigenvalue weighted by atomic mass is 10.2. The second kappa shape index (κ2) is 6.63. The van der Waals surface area contributed by atoms with E-state index >= 15 is 0 Å². The summed E-state index contributed by atoms with van der Waals surface area (Å²) in [5, 5.41) is 5.09. The summed E-state index contributed by atoms with van der Waals surface area (Å²) < 4.78 is 28.5. The van der Waals surface area contributed by atoms with Crippen LogP contribution in [0.3, 0.4) is 0 Å². The topological polar surface area (TPSA) is 89.8 Å². The van der Waals surface area contributed by atoms with Crippen LogP contribution in [0, 0.1) is 6.92 Å². The van der Waals surface area contributed by atoms with E-state index in [1.807, 2.05) is 31.2 Å². The highest BCUT2D eigenvalue weighted by Crippen LogP contribution is 2.18. The Morgan fingerprint density at radius 3 is 2.67 bits per heavy atom. The molecule has 0 saturated carbocycles. The normalized spacial score (nSPS) is 11.7. The minimum absolute atomic E-state index is 0.316. The average Bonchev–Trinajstić information content (AvgIpc) is 3.09. The van der Waals surface area contributed by atoms with Crippen molar-refractivity contribution in [3.8, 4) is 5.82 Å². The minimum atomic E-state index is -3.69. The Morgan fingerprint density at radius 1 is 1.17 bits per heavy atom. The molecule has 1 aromatic carbocycles. The molecular formula is C16H15N5O2S. The highest BCUT2D eigenvalue weighted by atomic mass is 32.2. The number of nitrogens with zero attached hydrogens (tertiary/aromatic N) is 4. The molecule has 0 spiro atoms. The number of sulfonamides is 1. The van der Waals surface area contributed by atoms with E-state index in [0.29, 0.717) is 11.5 Å². The maximum Gasteiger partial charge on any atom is 0.255 e. The molecule has 8 heteroatoms. The Labute approximate surface area is 139 Å². The molecule has 0 fully saturated rings. The maximum absolute atomic E-state index is 12.3. The summed E-state index contributed by atoms with van der Waals surface area (Å²) in [4.78, 5) is 7.98. The molecule has 0 aliphatic rings. The summed E-state index contributed by atoms with van der Waals surface area (Å²) in [5.41, 5.74) is 2.23. The van der Waals surface area contributed by atoms with Crippen molar-refractivity contribution in [3.05, 3.63) is 71.8 Å². The Morgan fingerprint density at radius 2 is 1.96 bits per heavy atom. The van der Waals surface area contributed by atoms with Gasteiger partial charge in [-0.3, -0.25) is 4.72 Å². The van der Waals surface area contributed by atoms with Crippen LogP contribution in [0.4, 0.5) is 5.69 Å². The van der Waals surface area contributed by atoms with Crippen molar-refractivity contribution < 1.29 is 8.42 Å². The van der Waals surface area contributed by atoms with Crippen molar-refractivity contribution in [2.45, 2.75) is 6.92 Å². The number of pyridine rings is 1. The van der Waals surface area contributed by atoms with Gasteiger partial charge in [0.05, 0.1) is 11.1 Å². The van der Waals surface area contributed by atoms with Gasteiger partial charge in [-0.2, -0.15) is 5.10 Å². The third kappa shape index (κ3) is 3.85. The molecule has 0 radical (unpaired) electrons. The lowest BCUT2D eigenvalue weighted by molar-refractivity contribution is 0.609. The number of benzene rings is 1. The highest BCUT2D eigenvalue weighted by molar-refractivity contribution is 7.95. The van der Waals surface area contributed by atoms with Crippen molar-refractivity contribution in [2.24, 2.45) is 0 Å². The van der Waals surface area contributed by atoms with Crippen molar-refractivity contribution in [1.82, 2.24) is 19.7 Å². The van der Waals surface area contributed by atoms with Crippen LogP contribution in [0.1, 0.15) is 11.1 Å². The summed E-state index contributed by atoms with van der Waals surface area (Å²) in [7, 11) is -3.69. The van der Waals surface area contributed by atoms with Gasteiger partial charge in [0.25, 0.3) is 10.0 Å². The molecule has 0 unspecified atom stereocenters. The molecule has 0 aliphatic carbocycles. The zero-order valence-electron chi connectivity index (χ0n) is 12.9. The Bertz CT molecular complexity index is 948. The fraction of sp³-hybridized carbons (Fsp3) is 0.0625. The quantitative estimate of drug-likeness (QED) is 0.769. The smallest absolute Gasteiger partial charge is 0.255 e. The summed E-state index contributed by atoms with van der Waals surface area (Å²) in [6.07, 6.45) is 5.89. The molecule has 7 nitrogen and oxygen atoms in total. The van der Waals surface area contributed by atoms with Crippen LogP contribution in [0.15, 0.2) is 60.7 Å². The van der Waals surface area contributed by atoms with E-state index in [1.54, 1.807) is 18.3 Å². The standard InChI is InChI=1S/C16H15N5O2S/c1-13-4-6-14(7-5-13)8-10-24(22,23)20-15-3-2-9-18-16(15)21-12-17-11-19-21/h2-12,20H,1H3. The van der Waals surface area contributed by atoms with E-state index < -0.39 is 10.0 Å². The fourth-order valence-electron chi connectivity index (χ4n) is 2.01. The van der Waals surface area contributed by atoms with Crippen molar-refractivity contribution >= 4 is 21.8 Å². The predicted molar refractivity (Wildman–Crippen MR) is 91.9 cm³/mol. The van der Waals surface area contributed by atoms with Crippen LogP contribution in [-0.2, 0) is 10.0 Å². The van der Waals surface area contributed by atoms with E-state index in [9.17, 15) is 8.42 Å². The van der Waals surface area contributed by atoms with Crippen LogP contribution in [0.5, 0.6) is 0 Å². The lowest BCUT2D eigenvalue weighted by Crippen LogP contribution is -2.12. The number of aryl methyl sites for hydroxylation is 1. The number of rotatable bonds is 5. The Hall–Kier alpha value is -3.00. The van der Waals surface area contributed by atoms with Crippen LogP contribution in [0.2, 0.25) is 0 Å². The molecule has 0 aliphatic heterocycles. The molecule has 0 amide bonds. The SMILES string of the molecule is Cc1ccc(C=CS(=O)(=O)Nc2cccnc2-n2cncn2)cc1. The first-order chi connectivity index (χ1) is 11.5. The molecule has 2 heterocycles. The summed E-state index contributed by atoms with van der Waals surface area (Å²) in [5.74, 6) is 0.349. The fourth-order valence-corrected chi connectivity index (χ4v) is 2.88. The number of nitrogens with one attached hydrogen (secondary N) is 1. The highest BCUT2D eigenvalue weighted by Gasteiger charge is 2.12. The van der Waals surface area contributed by atoms with Gasteiger partial charge in [0, 0.05) is 6.20 Å². The zero-order chi connectivity index (χ0) is 17.0. The molecule has 0 bridgehead atoms. The number of hydrogen-bond acceptors (Lipinski definition) is 5. The monoisotopic (exact) mass is 341 g/mol. The largest absolute Gasteiger partial charge is 0.276 e. The molecule has 3 aromatic rings. The second-order valence-electron chi connectivity index (χ2n) is 5.08. The minimum Gasteiger partial charge on any atom is -0.276 e. The summed E-state index contributed by atoms with van der Waals surface area (Å²) in [6.45, 7) is 1.97. The van der Waals surface area contributed by atoms with Gasteiger partial charge < -0.3 is 0 Å². The van der Waals surface area contributed by atoms with Crippen LogP contribution < -0.4 is 4.72 Å². The number of anilines is 1. The molecule has 0 atom stereocenters. The molecule has 1 N–H and O–H groups in total. The maximum atomic E-state index is 12.3. The predicted octanol–water partition coefficient (Wildman–Crippen LogP) is 2.38. The van der Waals surface area contributed by atoms with Crippen LogP contribution >= 0.6 is 0 Å². The Kier molecular flexibility index (Phi) is 4.39. The van der Waals surface area contributed by atoms with Gasteiger partial charge in [-0.25, -0.2) is 23.1 Å². The first-order valence-corrected chi connectivity index (χ1v) is 8.66. The number of aromatic nitrogens is 4. The van der Waals surface area contributed by atoms with Gasteiger partial charge >= 0.3 is 0 Å². The third-order valence-electron chi connectivity index (χ3n) is 3.19. The molecular weight excluding hydrogens is 326 g/mol. The van der Waals surface area contributed by atoms with E-state index in [1.165, 1.54) is 23.4 Å². The summed E-state index contributed by atoms with van der Waals surface area (Å²) in [6, 6.07) is 10.8. The van der Waals surface area contributed by atoms with E-state index in [0.717, 1.165) is 16.5 Å². The first-order valence-electron chi connectivity index (χ1n) is 7.11. The van der Waals surface area contributed by atoms with Crippen molar-refractivity contribution in [3.63, 3.8) is 0 Å². The lowest BCUT2D eigenvalue weighted by Gasteiger charge is -2.09. The van der Waals surface area contributed by atoms with E-state index in [2.05, 4.69) is 19.8 Å². The van der Waals surface area contributed by atoms with Gasteiger partial charge in [0.15, 0.2) is 5.82 Å². The van der Waals surface area contributed by atoms with E-state index in [4.69, 9.17) is 0 Å². The first kappa shape index (κ1) is 15.9. The van der Waals surface area contributed by atoms with Crippen LogP contribution in [-0.4, -0.2) is 28.2 Å². The third-order valence-corrected chi connectivity index (χ3v) is 4.19. The molecule has 2 aromatic heterocycles. The van der Waals surface area contributed by atoms with Crippen molar-refractivity contribution in [2.75, 3.05) is 4.72 Å². The second-order valence-corrected chi connectivity index (χ2v) is 6.64. The summed E-state index contributed by atoms with van der Waals surface area (Å²) >= 11 is 0. The molecule has 122 valence electrons.